The number of furan rings is 1. The molecule has 30 heavy (non-hydrogen) atoms. The van der Waals surface area contributed by atoms with Gasteiger partial charge in [0.05, 0.1) is 6.54 Å². The van der Waals surface area contributed by atoms with Gasteiger partial charge in [-0.2, -0.15) is 0 Å². The maximum Gasteiger partial charge on any atom is 0.119 e. The molecule has 5 heteroatoms. The van der Waals surface area contributed by atoms with Crippen molar-refractivity contribution in [2.24, 2.45) is 0 Å². The van der Waals surface area contributed by atoms with E-state index in [0.29, 0.717) is 6.54 Å². The quantitative estimate of drug-likeness (QED) is 0.518. The van der Waals surface area contributed by atoms with Crippen LogP contribution in [0.1, 0.15) is 22.6 Å². The highest BCUT2D eigenvalue weighted by Crippen LogP contribution is 2.16. The van der Waals surface area contributed by atoms with Crippen molar-refractivity contribution >= 4 is 0 Å². The number of likely N-dealkylation sites (N-methyl/N-ethyl adjacent to an activating group) is 1. The largest absolute Gasteiger partial charge is 0.491 e. The van der Waals surface area contributed by atoms with Gasteiger partial charge in [-0.3, -0.25) is 9.80 Å². The lowest BCUT2D eigenvalue weighted by Gasteiger charge is -2.21. The van der Waals surface area contributed by atoms with Gasteiger partial charge in [0.25, 0.3) is 0 Å². The third-order valence-corrected chi connectivity index (χ3v) is 4.86. The normalized spacial score (nSPS) is 12.5. The lowest BCUT2D eigenvalue weighted by Crippen LogP contribution is -2.32. The summed E-state index contributed by atoms with van der Waals surface area (Å²) < 4.78 is 11.4. The Hall–Kier alpha value is -2.60. The van der Waals surface area contributed by atoms with E-state index in [9.17, 15) is 5.11 Å². The van der Waals surface area contributed by atoms with E-state index in [1.54, 1.807) is 0 Å². The Morgan fingerprint density at radius 2 is 1.50 bits per heavy atom. The minimum atomic E-state index is -0.540. The average Bonchev–Trinajstić information content (AvgIpc) is 3.12. The Bertz CT molecular complexity index is 877. The van der Waals surface area contributed by atoms with Crippen LogP contribution in [0.3, 0.4) is 0 Å². The molecule has 1 N–H and O–H groups in total. The van der Waals surface area contributed by atoms with E-state index >= 15 is 0 Å². The van der Waals surface area contributed by atoms with Crippen molar-refractivity contribution in [1.29, 1.82) is 0 Å². The molecule has 0 fully saturated rings. The van der Waals surface area contributed by atoms with Crippen molar-refractivity contribution in [3.8, 4) is 5.75 Å². The van der Waals surface area contributed by atoms with Crippen LogP contribution in [0.5, 0.6) is 5.75 Å². The third-order valence-electron chi connectivity index (χ3n) is 4.86. The summed E-state index contributed by atoms with van der Waals surface area (Å²) in [4.78, 5) is 4.31. The smallest absolute Gasteiger partial charge is 0.119 e. The summed E-state index contributed by atoms with van der Waals surface area (Å²) in [5.74, 6) is 2.68. The molecular formula is C25H32N2O3. The number of aliphatic hydroxyl groups excluding tert-OH is 1. The van der Waals surface area contributed by atoms with Gasteiger partial charge < -0.3 is 14.3 Å². The van der Waals surface area contributed by atoms with Crippen molar-refractivity contribution in [1.82, 2.24) is 9.80 Å². The molecule has 3 aromatic rings. The van der Waals surface area contributed by atoms with Crippen LogP contribution in [0.4, 0.5) is 0 Å². The molecule has 3 rings (SSSR count). The molecule has 0 amide bonds. The zero-order chi connectivity index (χ0) is 21.3. The summed E-state index contributed by atoms with van der Waals surface area (Å²) in [6, 6.07) is 22.3. The first-order valence-electron chi connectivity index (χ1n) is 10.3. The van der Waals surface area contributed by atoms with Gasteiger partial charge in [-0.1, -0.05) is 42.5 Å². The zero-order valence-electron chi connectivity index (χ0n) is 18.1. The number of ether oxygens (including phenoxy) is 1. The molecule has 0 saturated carbocycles. The molecule has 0 spiro atoms. The van der Waals surface area contributed by atoms with Crippen molar-refractivity contribution < 1.29 is 14.3 Å². The lowest BCUT2D eigenvalue weighted by molar-refractivity contribution is 0.0744. The van der Waals surface area contributed by atoms with Gasteiger partial charge in [-0.25, -0.2) is 0 Å². The highest BCUT2D eigenvalue weighted by Gasteiger charge is 2.10. The standard InChI is InChI=1S/C25H32N2O3/c1-20-9-12-25(30-20)18-27(3)16-22-10-13-24(14-11-22)29-19-23(28)17-26(2)15-21-7-5-4-6-8-21/h4-14,23,28H,15-19H2,1-3H3. The predicted molar refractivity (Wildman–Crippen MR) is 119 cm³/mol. The number of aryl methyl sites for hydroxylation is 1. The molecule has 0 aliphatic rings. The molecule has 1 atom stereocenters. The molecule has 0 bridgehead atoms. The van der Waals surface area contributed by atoms with E-state index in [1.165, 1.54) is 11.1 Å². The zero-order valence-corrected chi connectivity index (χ0v) is 18.1. The molecule has 5 nitrogen and oxygen atoms in total. The molecule has 1 unspecified atom stereocenters. The van der Waals surface area contributed by atoms with E-state index in [2.05, 4.69) is 41.1 Å². The highest BCUT2D eigenvalue weighted by molar-refractivity contribution is 5.27. The minimum absolute atomic E-state index is 0.274. The van der Waals surface area contributed by atoms with Gasteiger partial charge in [-0.05, 0) is 56.4 Å². The molecular weight excluding hydrogens is 376 g/mol. The van der Waals surface area contributed by atoms with E-state index in [1.807, 2.05) is 56.4 Å². The van der Waals surface area contributed by atoms with Crippen LogP contribution in [-0.2, 0) is 19.6 Å². The summed E-state index contributed by atoms with van der Waals surface area (Å²) in [5, 5.41) is 10.3. The Morgan fingerprint density at radius 1 is 0.833 bits per heavy atom. The topological polar surface area (TPSA) is 49.1 Å². The van der Waals surface area contributed by atoms with Gasteiger partial charge in [0.2, 0.25) is 0 Å². The molecule has 0 saturated heterocycles. The van der Waals surface area contributed by atoms with Crippen molar-refractivity contribution in [3.05, 3.63) is 89.4 Å². The number of hydrogen-bond donors (Lipinski definition) is 1. The van der Waals surface area contributed by atoms with Crippen LogP contribution < -0.4 is 4.74 Å². The second kappa shape index (κ2) is 11.0. The van der Waals surface area contributed by atoms with E-state index in [4.69, 9.17) is 9.15 Å². The fourth-order valence-electron chi connectivity index (χ4n) is 3.46. The number of hydrogen-bond acceptors (Lipinski definition) is 5. The van der Waals surface area contributed by atoms with Crippen LogP contribution in [-0.4, -0.2) is 48.3 Å². The number of rotatable bonds is 11. The number of benzene rings is 2. The van der Waals surface area contributed by atoms with Crippen LogP contribution in [0, 0.1) is 6.92 Å². The second-order valence-corrected chi connectivity index (χ2v) is 7.98. The SMILES string of the molecule is Cc1ccc(CN(C)Cc2ccc(OCC(O)CN(C)Cc3ccccc3)cc2)o1. The third kappa shape index (κ3) is 7.34. The van der Waals surface area contributed by atoms with Gasteiger partial charge >= 0.3 is 0 Å². The Kier molecular flexibility index (Phi) is 8.08. The van der Waals surface area contributed by atoms with E-state index in [-0.39, 0.29) is 6.61 Å². The number of nitrogens with zero attached hydrogens (tertiary/aromatic N) is 2. The first-order chi connectivity index (χ1) is 14.5. The second-order valence-electron chi connectivity index (χ2n) is 7.98. The fourth-order valence-corrected chi connectivity index (χ4v) is 3.46. The van der Waals surface area contributed by atoms with E-state index in [0.717, 1.165) is 36.9 Å². The first kappa shape index (κ1) is 22.1. The minimum Gasteiger partial charge on any atom is -0.491 e. The van der Waals surface area contributed by atoms with Gasteiger partial charge in [-0.15, -0.1) is 0 Å². The molecule has 1 heterocycles. The number of aliphatic hydroxyl groups is 1. The summed E-state index contributed by atoms with van der Waals surface area (Å²) in [7, 11) is 4.08. The fraction of sp³-hybridized carbons (Fsp3) is 0.360. The molecule has 0 aliphatic heterocycles. The van der Waals surface area contributed by atoms with Crippen molar-refractivity contribution in [2.75, 3.05) is 27.2 Å². The average molecular weight is 409 g/mol. The van der Waals surface area contributed by atoms with Crippen LogP contribution in [0.15, 0.2) is 71.1 Å². The monoisotopic (exact) mass is 408 g/mol. The maximum atomic E-state index is 10.3. The molecule has 160 valence electrons. The summed E-state index contributed by atoms with van der Waals surface area (Å²) >= 11 is 0. The van der Waals surface area contributed by atoms with Crippen molar-refractivity contribution in [2.45, 2.75) is 32.7 Å². The Morgan fingerprint density at radius 3 is 2.17 bits per heavy atom. The van der Waals surface area contributed by atoms with Crippen LogP contribution >= 0.6 is 0 Å². The van der Waals surface area contributed by atoms with Gasteiger partial charge in [0, 0.05) is 19.6 Å². The van der Waals surface area contributed by atoms with Gasteiger partial charge in [0.1, 0.15) is 30.0 Å². The predicted octanol–water partition coefficient (Wildman–Crippen LogP) is 4.09. The summed E-state index contributed by atoms with van der Waals surface area (Å²) in [6.45, 7) is 5.19. The van der Waals surface area contributed by atoms with Crippen LogP contribution in [0.2, 0.25) is 0 Å². The van der Waals surface area contributed by atoms with Gasteiger partial charge in [0.15, 0.2) is 0 Å². The Balaban J connectivity index is 1.39. The highest BCUT2D eigenvalue weighted by atomic mass is 16.5. The molecule has 1 aromatic heterocycles. The summed E-state index contributed by atoms with van der Waals surface area (Å²) in [6.07, 6.45) is -0.540. The molecule has 0 radical (unpaired) electrons. The first-order valence-corrected chi connectivity index (χ1v) is 10.3. The molecule has 0 aliphatic carbocycles. The molecule has 2 aromatic carbocycles. The lowest BCUT2D eigenvalue weighted by atomic mass is 10.2. The maximum absolute atomic E-state index is 10.3. The van der Waals surface area contributed by atoms with E-state index < -0.39 is 6.10 Å². The van der Waals surface area contributed by atoms with Crippen molar-refractivity contribution in [3.63, 3.8) is 0 Å². The Labute approximate surface area is 179 Å². The van der Waals surface area contributed by atoms with Crippen LogP contribution in [0.25, 0.3) is 0 Å². The summed E-state index contributed by atoms with van der Waals surface area (Å²) in [5.41, 5.74) is 2.44.